The molecule has 0 aliphatic carbocycles. The van der Waals surface area contributed by atoms with Gasteiger partial charge in [0.2, 0.25) is 10.0 Å². The molecule has 1 fully saturated rings. The van der Waals surface area contributed by atoms with Gasteiger partial charge in [0.25, 0.3) is 5.91 Å². The molecule has 1 aliphatic rings. The van der Waals surface area contributed by atoms with Crippen molar-refractivity contribution in [3.63, 3.8) is 0 Å². The van der Waals surface area contributed by atoms with E-state index in [1.165, 1.54) is 16.4 Å². The van der Waals surface area contributed by atoms with Crippen LogP contribution in [0.2, 0.25) is 0 Å². The summed E-state index contributed by atoms with van der Waals surface area (Å²) < 4.78 is 37.4. The van der Waals surface area contributed by atoms with Gasteiger partial charge in [0.1, 0.15) is 5.76 Å². The lowest BCUT2D eigenvalue weighted by Crippen LogP contribution is -2.40. The maximum Gasteiger partial charge on any atom is 0.251 e. The van der Waals surface area contributed by atoms with Gasteiger partial charge in [-0.15, -0.1) is 0 Å². The summed E-state index contributed by atoms with van der Waals surface area (Å²) in [5.41, 5.74) is 0.328. The number of amides is 1. The second-order valence-corrected chi connectivity index (χ2v) is 8.47. The number of benzene rings is 1. The highest BCUT2D eigenvalue weighted by atomic mass is 32.2. The fraction of sp³-hybridized carbons (Fsp3) is 0.421. The molecule has 146 valence electrons. The summed E-state index contributed by atoms with van der Waals surface area (Å²) in [7, 11) is -3.63. The summed E-state index contributed by atoms with van der Waals surface area (Å²) >= 11 is 0. The van der Waals surface area contributed by atoms with Crippen LogP contribution in [0.4, 0.5) is 0 Å². The molecule has 1 aliphatic heterocycles. The molecule has 2 heterocycles. The normalized spacial score (nSPS) is 16.8. The first-order valence-electron chi connectivity index (χ1n) is 8.98. The molecule has 1 N–H and O–H groups in total. The zero-order valence-corrected chi connectivity index (χ0v) is 16.1. The van der Waals surface area contributed by atoms with Crippen LogP contribution in [0.25, 0.3) is 0 Å². The first-order valence-corrected chi connectivity index (χ1v) is 10.4. The second-order valence-electron chi connectivity index (χ2n) is 6.54. The fourth-order valence-electron chi connectivity index (χ4n) is 2.93. The predicted octanol–water partition coefficient (Wildman–Crippen LogP) is 2.05. The summed E-state index contributed by atoms with van der Waals surface area (Å²) in [6.45, 7) is 3.32. The first kappa shape index (κ1) is 19.6. The van der Waals surface area contributed by atoms with Gasteiger partial charge in [0, 0.05) is 31.1 Å². The zero-order valence-electron chi connectivity index (χ0n) is 15.3. The SMILES string of the molecule is C[C@@H](CCc1ccco1)NC(=O)c1cccc(S(=O)(=O)N2CCOCC2)c1. The number of aryl methyl sites for hydroxylation is 1. The monoisotopic (exact) mass is 392 g/mol. The smallest absolute Gasteiger partial charge is 0.251 e. The van der Waals surface area contributed by atoms with E-state index in [-0.39, 0.29) is 16.8 Å². The second kappa shape index (κ2) is 8.69. The van der Waals surface area contributed by atoms with Gasteiger partial charge in [-0.25, -0.2) is 8.42 Å². The number of furan rings is 1. The Hall–Kier alpha value is -2.16. The lowest BCUT2D eigenvalue weighted by Gasteiger charge is -2.26. The average molecular weight is 392 g/mol. The summed E-state index contributed by atoms with van der Waals surface area (Å²) in [5.74, 6) is 0.579. The third kappa shape index (κ3) is 4.97. The highest BCUT2D eigenvalue weighted by Crippen LogP contribution is 2.18. The van der Waals surface area contributed by atoms with Gasteiger partial charge >= 0.3 is 0 Å². The van der Waals surface area contributed by atoms with Crippen LogP contribution in [0.1, 0.15) is 29.5 Å². The third-order valence-electron chi connectivity index (χ3n) is 4.49. The number of nitrogens with one attached hydrogen (secondary N) is 1. The molecule has 0 spiro atoms. The van der Waals surface area contributed by atoms with Gasteiger partial charge in [-0.05, 0) is 43.7 Å². The molecule has 0 radical (unpaired) electrons. The van der Waals surface area contributed by atoms with Crippen LogP contribution < -0.4 is 5.32 Å². The van der Waals surface area contributed by atoms with Crippen LogP contribution in [-0.2, 0) is 21.2 Å². The van der Waals surface area contributed by atoms with Crippen molar-refractivity contribution in [3.05, 3.63) is 54.0 Å². The van der Waals surface area contributed by atoms with E-state index in [0.717, 1.165) is 18.6 Å². The van der Waals surface area contributed by atoms with E-state index in [2.05, 4.69) is 5.32 Å². The molecule has 27 heavy (non-hydrogen) atoms. The van der Waals surface area contributed by atoms with Crippen molar-refractivity contribution in [2.45, 2.75) is 30.7 Å². The van der Waals surface area contributed by atoms with Gasteiger partial charge in [0.15, 0.2) is 0 Å². The van der Waals surface area contributed by atoms with Gasteiger partial charge in [-0.3, -0.25) is 4.79 Å². The number of nitrogens with zero attached hydrogens (tertiary/aromatic N) is 1. The first-order chi connectivity index (χ1) is 13.0. The molecule has 1 saturated heterocycles. The Bertz CT molecular complexity index is 858. The number of ether oxygens (including phenoxy) is 1. The van der Waals surface area contributed by atoms with Crippen molar-refractivity contribution in [2.24, 2.45) is 0 Å². The number of carbonyl (C=O) groups is 1. The molecule has 1 amide bonds. The Kier molecular flexibility index (Phi) is 6.30. The van der Waals surface area contributed by atoms with Crippen LogP contribution in [0.3, 0.4) is 0 Å². The summed E-state index contributed by atoms with van der Waals surface area (Å²) in [6, 6.07) is 9.82. The third-order valence-corrected chi connectivity index (χ3v) is 6.38. The number of sulfonamides is 1. The van der Waals surface area contributed by atoms with Gasteiger partial charge in [-0.2, -0.15) is 4.31 Å². The lowest BCUT2D eigenvalue weighted by atomic mass is 10.1. The number of carbonyl (C=O) groups excluding carboxylic acids is 1. The van der Waals surface area contributed by atoms with E-state index in [0.29, 0.717) is 31.9 Å². The molecule has 8 heteroatoms. The Morgan fingerprint density at radius 3 is 2.70 bits per heavy atom. The van der Waals surface area contributed by atoms with E-state index in [1.54, 1.807) is 18.4 Å². The lowest BCUT2D eigenvalue weighted by molar-refractivity contribution is 0.0730. The fourth-order valence-corrected chi connectivity index (χ4v) is 4.38. The quantitative estimate of drug-likeness (QED) is 0.779. The van der Waals surface area contributed by atoms with Crippen molar-refractivity contribution < 1.29 is 22.4 Å². The van der Waals surface area contributed by atoms with E-state index >= 15 is 0 Å². The molecule has 7 nitrogen and oxygen atoms in total. The minimum Gasteiger partial charge on any atom is -0.469 e. The highest BCUT2D eigenvalue weighted by Gasteiger charge is 2.27. The van der Waals surface area contributed by atoms with Crippen molar-refractivity contribution in [1.82, 2.24) is 9.62 Å². The largest absolute Gasteiger partial charge is 0.469 e. The van der Waals surface area contributed by atoms with Crippen LogP contribution in [0.15, 0.2) is 52.0 Å². The van der Waals surface area contributed by atoms with E-state index < -0.39 is 10.0 Å². The van der Waals surface area contributed by atoms with Crippen LogP contribution in [-0.4, -0.2) is 51.0 Å². The van der Waals surface area contributed by atoms with Crippen LogP contribution >= 0.6 is 0 Å². The molecule has 1 aromatic carbocycles. The Morgan fingerprint density at radius 2 is 2.00 bits per heavy atom. The molecule has 0 bridgehead atoms. The molecular formula is C19H24N2O5S. The van der Waals surface area contributed by atoms with Gasteiger partial charge in [-0.1, -0.05) is 6.07 Å². The van der Waals surface area contributed by atoms with Crippen molar-refractivity contribution in [1.29, 1.82) is 0 Å². The van der Waals surface area contributed by atoms with E-state index in [4.69, 9.17) is 9.15 Å². The average Bonchev–Trinajstić information content (AvgIpc) is 3.21. The summed E-state index contributed by atoms with van der Waals surface area (Å²) in [5, 5.41) is 2.91. The van der Waals surface area contributed by atoms with Crippen molar-refractivity contribution in [2.75, 3.05) is 26.3 Å². The summed E-state index contributed by atoms with van der Waals surface area (Å²) in [6.07, 6.45) is 3.07. The number of morpholine rings is 1. The topological polar surface area (TPSA) is 88.8 Å². The van der Waals surface area contributed by atoms with E-state index in [1.807, 2.05) is 19.1 Å². The molecule has 2 aromatic rings. The van der Waals surface area contributed by atoms with Crippen molar-refractivity contribution in [3.8, 4) is 0 Å². The van der Waals surface area contributed by atoms with Crippen molar-refractivity contribution >= 4 is 15.9 Å². The Morgan fingerprint density at radius 1 is 1.22 bits per heavy atom. The van der Waals surface area contributed by atoms with Gasteiger partial charge in [0.05, 0.1) is 24.4 Å². The van der Waals surface area contributed by atoms with Gasteiger partial charge < -0.3 is 14.5 Å². The highest BCUT2D eigenvalue weighted by molar-refractivity contribution is 7.89. The van der Waals surface area contributed by atoms with E-state index in [9.17, 15) is 13.2 Å². The number of hydrogen-bond acceptors (Lipinski definition) is 5. The summed E-state index contributed by atoms with van der Waals surface area (Å²) in [4.78, 5) is 12.6. The predicted molar refractivity (Wildman–Crippen MR) is 100.0 cm³/mol. The minimum absolute atomic E-state index is 0.0675. The molecule has 1 atom stereocenters. The molecule has 0 unspecified atom stereocenters. The Labute approximate surface area is 159 Å². The standard InChI is InChI=1S/C19H24N2O5S/c1-15(7-8-17-5-3-11-26-17)20-19(22)16-4-2-6-18(14-16)27(23,24)21-9-12-25-13-10-21/h2-6,11,14-15H,7-10,12-13H2,1H3,(H,20,22)/t15-/m0/s1. The maximum atomic E-state index is 12.7. The Balaban J connectivity index is 1.64. The minimum atomic E-state index is -3.63. The molecular weight excluding hydrogens is 368 g/mol. The molecule has 0 saturated carbocycles. The molecule has 3 rings (SSSR count). The number of hydrogen-bond donors (Lipinski definition) is 1. The number of rotatable bonds is 7. The maximum absolute atomic E-state index is 12.7. The van der Waals surface area contributed by atoms with Crippen LogP contribution in [0.5, 0.6) is 0 Å². The van der Waals surface area contributed by atoms with Crippen LogP contribution in [0, 0.1) is 0 Å². The molecule has 1 aromatic heterocycles. The zero-order chi connectivity index (χ0) is 19.3.